The van der Waals surface area contributed by atoms with E-state index in [-0.39, 0.29) is 0 Å². The average Bonchev–Trinajstić information content (AvgIpc) is 3.47. The standard InChI is InChI=1S/C80H82/c1-3-5-7-9-11-13-15-17-19-21-23-25-27-29-31-33-35-37-39-41-43-45-47-49-51-53-55-57-59-61-63-65-67-69-71-73-75-77-79-80-78-76-74-72-70-68-66-64-62-60-58-56-54-52-50-48-46-44-42-40-38-36-34-32-30-28-26-24-22-20-18-16-14-12-10-8-6-4-2/h3-80H,1-2H2. The second-order valence-electron chi connectivity index (χ2n) is 15.1. The molecule has 0 spiro atoms. The predicted octanol–water partition coefficient (Wildman–Crippen LogP) is 22.5. The molecule has 0 heteroatoms. The van der Waals surface area contributed by atoms with E-state index >= 15 is 0 Å². The van der Waals surface area contributed by atoms with Crippen molar-refractivity contribution in [1.82, 2.24) is 0 Å². The second kappa shape index (κ2) is 68.6. The van der Waals surface area contributed by atoms with Crippen LogP contribution in [-0.4, -0.2) is 0 Å². The minimum atomic E-state index is 1.75. The Morgan fingerprint density at radius 1 is 0.0625 bits per heavy atom. The Hall–Kier alpha value is -10.4. The molecule has 0 unspecified atom stereocenters. The first kappa shape index (κ1) is 69.6. The highest BCUT2D eigenvalue weighted by molar-refractivity contribution is 5.29. The molecule has 0 nitrogen and oxygen atoms in total. The topological polar surface area (TPSA) is 0 Å². The van der Waals surface area contributed by atoms with Crippen LogP contribution in [0.15, 0.2) is 487 Å². The summed E-state index contributed by atoms with van der Waals surface area (Å²) in [4.78, 5) is 0. The van der Waals surface area contributed by atoms with Crippen molar-refractivity contribution < 1.29 is 0 Å². The lowest BCUT2D eigenvalue weighted by molar-refractivity contribution is 1.81. The van der Waals surface area contributed by atoms with Gasteiger partial charge in [0.05, 0.1) is 0 Å². The quantitative estimate of drug-likeness (QED) is 0.0538. The van der Waals surface area contributed by atoms with Gasteiger partial charge in [-0.15, -0.1) is 0 Å². The van der Waals surface area contributed by atoms with Gasteiger partial charge in [-0.3, -0.25) is 0 Å². The van der Waals surface area contributed by atoms with Crippen LogP contribution in [0.25, 0.3) is 0 Å². The molecule has 0 atom stereocenters. The lowest BCUT2D eigenvalue weighted by Crippen LogP contribution is -1.55. The number of rotatable bonds is 39. The molecule has 0 aliphatic heterocycles. The lowest BCUT2D eigenvalue weighted by Gasteiger charge is -1.77. The fraction of sp³-hybridized carbons (Fsp3) is 0. The molecule has 0 rings (SSSR count). The predicted molar refractivity (Wildman–Crippen MR) is 368 cm³/mol. The van der Waals surface area contributed by atoms with Gasteiger partial charge in [0.1, 0.15) is 0 Å². The van der Waals surface area contributed by atoms with Crippen LogP contribution in [0.5, 0.6) is 0 Å². The third-order valence-corrected chi connectivity index (χ3v) is 8.61. The molecular formula is C80H82. The van der Waals surface area contributed by atoms with E-state index in [2.05, 4.69) is 13.2 Å². The fourth-order valence-corrected chi connectivity index (χ4v) is 4.90. The molecule has 0 amide bonds. The summed E-state index contributed by atoms with van der Waals surface area (Å²) in [5.74, 6) is 0. The summed E-state index contributed by atoms with van der Waals surface area (Å²) < 4.78 is 0. The van der Waals surface area contributed by atoms with Gasteiger partial charge in [-0.1, -0.05) is 487 Å². The normalized spacial score (nSPS) is 15.4. The van der Waals surface area contributed by atoms with Crippen molar-refractivity contribution in [1.29, 1.82) is 0 Å². The van der Waals surface area contributed by atoms with Crippen LogP contribution in [0.3, 0.4) is 0 Å². The largest absolute Gasteiger partial charge is 0.0991 e. The molecule has 0 aromatic rings. The Labute approximate surface area is 484 Å². The van der Waals surface area contributed by atoms with Crippen molar-refractivity contribution in [2.24, 2.45) is 0 Å². The number of hydrogen-bond donors (Lipinski definition) is 0. The minimum absolute atomic E-state index is 1.75. The van der Waals surface area contributed by atoms with E-state index < -0.39 is 0 Å². The molecule has 0 aliphatic rings. The van der Waals surface area contributed by atoms with Crippen molar-refractivity contribution >= 4 is 0 Å². The Bertz CT molecular complexity index is 2630. The van der Waals surface area contributed by atoms with Crippen molar-refractivity contribution in [3.8, 4) is 0 Å². The van der Waals surface area contributed by atoms with Gasteiger partial charge in [0.15, 0.2) is 0 Å². The molecule has 0 fully saturated rings. The van der Waals surface area contributed by atoms with E-state index in [1.165, 1.54) is 0 Å². The molecule has 0 saturated heterocycles. The molecule has 0 aromatic heterocycles. The molecular weight excluding hydrogens is 961 g/mol. The molecule has 0 aliphatic carbocycles. The summed E-state index contributed by atoms with van der Waals surface area (Å²) >= 11 is 0. The van der Waals surface area contributed by atoms with Crippen molar-refractivity contribution in [3.63, 3.8) is 0 Å². The maximum Gasteiger partial charge on any atom is -0.0623 e. The van der Waals surface area contributed by atoms with Gasteiger partial charge >= 0.3 is 0 Å². The van der Waals surface area contributed by atoms with E-state index in [0.717, 1.165) is 0 Å². The molecule has 0 bridgehead atoms. The Kier molecular flexibility index (Phi) is 59.7. The van der Waals surface area contributed by atoms with E-state index in [9.17, 15) is 0 Å². The maximum atomic E-state index is 3.63. The van der Waals surface area contributed by atoms with Crippen LogP contribution < -0.4 is 0 Å². The molecule has 0 aromatic carbocycles. The maximum absolute atomic E-state index is 3.63. The van der Waals surface area contributed by atoms with E-state index in [1.807, 2.05) is 462 Å². The minimum Gasteiger partial charge on any atom is -0.0991 e. The second-order valence-corrected chi connectivity index (χ2v) is 15.1. The summed E-state index contributed by atoms with van der Waals surface area (Å²) in [5, 5.41) is 0. The van der Waals surface area contributed by atoms with Crippen LogP contribution in [0.4, 0.5) is 0 Å². The third kappa shape index (κ3) is 67.6. The summed E-state index contributed by atoms with van der Waals surface area (Å²) in [7, 11) is 0. The summed E-state index contributed by atoms with van der Waals surface area (Å²) in [5.41, 5.74) is 0. The highest BCUT2D eigenvalue weighted by Crippen LogP contribution is 1.93. The average molecular weight is 1040 g/mol. The van der Waals surface area contributed by atoms with E-state index in [0.29, 0.717) is 0 Å². The van der Waals surface area contributed by atoms with Crippen LogP contribution in [0.1, 0.15) is 0 Å². The van der Waals surface area contributed by atoms with Crippen LogP contribution in [0.2, 0.25) is 0 Å². The van der Waals surface area contributed by atoms with Gasteiger partial charge in [0, 0.05) is 0 Å². The molecule has 0 radical (unpaired) electrons. The van der Waals surface area contributed by atoms with Crippen LogP contribution in [-0.2, 0) is 0 Å². The van der Waals surface area contributed by atoms with Crippen molar-refractivity contribution in [2.45, 2.75) is 0 Å². The fourth-order valence-electron chi connectivity index (χ4n) is 4.90. The number of hydrogen-bond acceptors (Lipinski definition) is 0. The summed E-state index contributed by atoms with van der Waals surface area (Å²) in [6.45, 7) is 7.26. The van der Waals surface area contributed by atoms with Gasteiger partial charge in [-0.05, 0) is 0 Å². The first-order valence-electron chi connectivity index (χ1n) is 26.5. The van der Waals surface area contributed by atoms with E-state index in [1.54, 1.807) is 12.2 Å². The highest BCUT2D eigenvalue weighted by atomic mass is 13.8. The van der Waals surface area contributed by atoms with Crippen molar-refractivity contribution in [2.75, 3.05) is 0 Å². The number of allylic oxidation sites excluding steroid dienone is 78. The van der Waals surface area contributed by atoms with Crippen molar-refractivity contribution in [3.05, 3.63) is 487 Å². The highest BCUT2D eigenvalue weighted by Gasteiger charge is 1.72. The third-order valence-electron chi connectivity index (χ3n) is 8.61. The zero-order valence-corrected chi connectivity index (χ0v) is 46.4. The SMILES string of the molecule is C=CC=CC=CC=CC=CC=CC=CC=CC=CC=CC=CC=CC=CC=CC=CC=CC=CC=CC=CC=CC=CC=CC=CC=CC=CC=CC=CC=CC=CC=CC=CC=CC=CC=CC=CC=CC=CC=CC=CC=C. The van der Waals surface area contributed by atoms with Gasteiger partial charge in [-0.2, -0.15) is 0 Å². The monoisotopic (exact) mass is 1040 g/mol. The van der Waals surface area contributed by atoms with Crippen LogP contribution >= 0.6 is 0 Å². The smallest absolute Gasteiger partial charge is 0.0623 e. The molecule has 0 heterocycles. The first-order chi connectivity index (χ1) is 39.9. The Morgan fingerprint density at radius 3 is 0.138 bits per heavy atom. The molecule has 0 N–H and O–H groups in total. The van der Waals surface area contributed by atoms with Gasteiger partial charge in [-0.25, -0.2) is 0 Å². The first-order valence-corrected chi connectivity index (χ1v) is 26.5. The Balaban J connectivity index is 4.10. The van der Waals surface area contributed by atoms with Gasteiger partial charge < -0.3 is 0 Å². The molecule has 0 saturated carbocycles. The Morgan fingerprint density at radius 2 is 0.100 bits per heavy atom. The summed E-state index contributed by atoms with van der Waals surface area (Å²) in [6, 6.07) is 0. The molecule has 402 valence electrons. The summed E-state index contributed by atoms with van der Waals surface area (Å²) in [6.07, 6.45) is 155. The molecule has 80 heavy (non-hydrogen) atoms. The van der Waals surface area contributed by atoms with Gasteiger partial charge in [0.25, 0.3) is 0 Å². The van der Waals surface area contributed by atoms with Gasteiger partial charge in [0.2, 0.25) is 0 Å². The van der Waals surface area contributed by atoms with Crippen LogP contribution in [0, 0.1) is 0 Å². The zero-order valence-electron chi connectivity index (χ0n) is 46.4. The lowest BCUT2D eigenvalue weighted by atomic mass is 10.3. The zero-order chi connectivity index (χ0) is 57.2. The van der Waals surface area contributed by atoms with E-state index in [4.69, 9.17) is 0 Å².